The van der Waals surface area contributed by atoms with E-state index in [0.29, 0.717) is 0 Å². The van der Waals surface area contributed by atoms with Crippen molar-refractivity contribution in [2.75, 3.05) is 29.5 Å². The van der Waals surface area contributed by atoms with Gasteiger partial charge in [-0.2, -0.15) is 5.10 Å². The molecule has 3 aromatic carbocycles. The van der Waals surface area contributed by atoms with Crippen LogP contribution in [0.15, 0.2) is 90.0 Å². The molecule has 3 heteroatoms. The SMILES string of the molecule is CCN(CC)c1ccc(C2CN(c3ccccc3)N=C2c2ccccc2)cc1. The fraction of sp³-hybridized carbons (Fsp3) is 0.240. The van der Waals surface area contributed by atoms with Crippen molar-refractivity contribution < 1.29 is 0 Å². The molecule has 1 aliphatic heterocycles. The van der Waals surface area contributed by atoms with Crippen LogP contribution in [0.1, 0.15) is 30.9 Å². The van der Waals surface area contributed by atoms with Gasteiger partial charge in [0.25, 0.3) is 0 Å². The summed E-state index contributed by atoms with van der Waals surface area (Å²) in [5, 5.41) is 7.15. The zero-order valence-electron chi connectivity index (χ0n) is 16.6. The van der Waals surface area contributed by atoms with Crippen molar-refractivity contribution in [2.45, 2.75) is 19.8 Å². The zero-order valence-corrected chi connectivity index (χ0v) is 16.6. The Morgan fingerprint density at radius 2 is 1.43 bits per heavy atom. The molecule has 0 aliphatic carbocycles. The first-order valence-electron chi connectivity index (χ1n) is 10.1. The van der Waals surface area contributed by atoms with Gasteiger partial charge in [0.05, 0.1) is 17.9 Å². The fourth-order valence-corrected chi connectivity index (χ4v) is 3.90. The van der Waals surface area contributed by atoms with Crippen LogP contribution in [-0.4, -0.2) is 25.3 Å². The predicted octanol–water partition coefficient (Wildman–Crippen LogP) is 5.54. The Hall–Kier alpha value is -3.07. The molecule has 0 aromatic heterocycles. The van der Waals surface area contributed by atoms with Crippen molar-refractivity contribution in [3.05, 3.63) is 96.1 Å². The van der Waals surface area contributed by atoms with Gasteiger partial charge < -0.3 is 4.90 Å². The largest absolute Gasteiger partial charge is 0.372 e. The molecule has 1 heterocycles. The number of hydrogen-bond acceptors (Lipinski definition) is 3. The van der Waals surface area contributed by atoms with E-state index in [2.05, 4.69) is 103 Å². The van der Waals surface area contributed by atoms with E-state index in [4.69, 9.17) is 5.10 Å². The lowest BCUT2D eigenvalue weighted by Crippen LogP contribution is -2.22. The first kappa shape index (κ1) is 18.3. The second-order valence-electron chi connectivity index (χ2n) is 7.09. The molecule has 4 rings (SSSR count). The number of para-hydroxylation sites is 1. The molecule has 1 unspecified atom stereocenters. The third-order valence-corrected chi connectivity index (χ3v) is 5.46. The number of nitrogens with zero attached hydrogens (tertiary/aromatic N) is 3. The molecule has 0 saturated carbocycles. The van der Waals surface area contributed by atoms with Gasteiger partial charge >= 0.3 is 0 Å². The van der Waals surface area contributed by atoms with Crippen molar-refractivity contribution >= 4 is 17.1 Å². The minimum absolute atomic E-state index is 0.258. The van der Waals surface area contributed by atoms with E-state index in [9.17, 15) is 0 Å². The van der Waals surface area contributed by atoms with E-state index in [1.165, 1.54) is 16.8 Å². The quantitative estimate of drug-likeness (QED) is 0.568. The molecular weight excluding hydrogens is 342 g/mol. The van der Waals surface area contributed by atoms with Gasteiger partial charge in [-0.05, 0) is 49.2 Å². The lowest BCUT2D eigenvalue weighted by Gasteiger charge is -2.22. The molecule has 0 radical (unpaired) electrons. The number of hydrogen-bond donors (Lipinski definition) is 0. The van der Waals surface area contributed by atoms with Crippen LogP contribution in [0.25, 0.3) is 0 Å². The Kier molecular flexibility index (Phi) is 5.43. The van der Waals surface area contributed by atoms with Gasteiger partial charge in [-0.25, -0.2) is 0 Å². The highest BCUT2D eigenvalue weighted by Crippen LogP contribution is 2.32. The molecule has 0 spiro atoms. The van der Waals surface area contributed by atoms with Crippen molar-refractivity contribution in [3.63, 3.8) is 0 Å². The van der Waals surface area contributed by atoms with E-state index < -0.39 is 0 Å². The van der Waals surface area contributed by atoms with Gasteiger partial charge in [0, 0.05) is 24.7 Å². The average molecular weight is 370 g/mol. The molecule has 3 aromatic rings. The van der Waals surface area contributed by atoms with E-state index in [-0.39, 0.29) is 5.92 Å². The summed E-state index contributed by atoms with van der Waals surface area (Å²) >= 11 is 0. The maximum atomic E-state index is 5.02. The topological polar surface area (TPSA) is 18.8 Å². The summed E-state index contributed by atoms with van der Waals surface area (Å²) in [6.07, 6.45) is 0. The lowest BCUT2D eigenvalue weighted by molar-refractivity contribution is 0.846. The van der Waals surface area contributed by atoms with Crippen molar-refractivity contribution in [3.8, 4) is 0 Å². The Labute approximate surface area is 167 Å². The maximum Gasteiger partial charge on any atom is 0.0775 e. The highest BCUT2D eigenvalue weighted by atomic mass is 15.5. The molecule has 0 saturated heterocycles. The summed E-state index contributed by atoms with van der Waals surface area (Å²) < 4.78 is 0. The molecule has 3 nitrogen and oxygen atoms in total. The van der Waals surface area contributed by atoms with Crippen LogP contribution in [-0.2, 0) is 0 Å². The van der Waals surface area contributed by atoms with Crippen LogP contribution in [0.2, 0.25) is 0 Å². The molecule has 28 heavy (non-hydrogen) atoms. The Morgan fingerprint density at radius 3 is 2.04 bits per heavy atom. The van der Waals surface area contributed by atoms with Gasteiger partial charge in [0.1, 0.15) is 0 Å². The Balaban J connectivity index is 1.68. The molecule has 0 N–H and O–H groups in total. The van der Waals surface area contributed by atoms with Crippen LogP contribution in [0.3, 0.4) is 0 Å². The second kappa shape index (κ2) is 8.30. The number of rotatable bonds is 6. The van der Waals surface area contributed by atoms with Crippen LogP contribution in [0, 0.1) is 0 Å². The second-order valence-corrected chi connectivity index (χ2v) is 7.09. The Bertz CT molecular complexity index is 913. The van der Waals surface area contributed by atoms with Crippen molar-refractivity contribution in [1.82, 2.24) is 0 Å². The molecule has 0 fully saturated rings. The highest BCUT2D eigenvalue weighted by molar-refractivity contribution is 6.07. The van der Waals surface area contributed by atoms with E-state index in [0.717, 1.165) is 31.0 Å². The summed E-state index contributed by atoms with van der Waals surface area (Å²) in [5.74, 6) is 0.258. The molecule has 142 valence electrons. The van der Waals surface area contributed by atoms with Gasteiger partial charge in [-0.1, -0.05) is 60.7 Å². The standard InChI is InChI=1S/C25H27N3/c1-3-27(4-2)22-17-15-20(16-18-22)24-19-28(23-13-9-6-10-14-23)26-25(24)21-11-7-5-8-12-21/h5-18,24H,3-4,19H2,1-2H3. The molecular formula is C25H27N3. The minimum Gasteiger partial charge on any atom is -0.372 e. The van der Waals surface area contributed by atoms with E-state index in [1.54, 1.807) is 0 Å². The van der Waals surface area contributed by atoms with Crippen LogP contribution >= 0.6 is 0 Å². The molecule has 0 bridgehead atoms. The van der Waals surface area contributed by atoms with E-state index >= 15 is 0 Å². The van der Waals surface area contributed by atoms with Crippen molar-refractivity contribution in [2.24, 2.45) is 5.10 Å². The fourth-order valence-electron chi connectivity index (χ4n) is 3.90. The number of hydrazone groups is 1. The monoisotopic (exact) mass is 369 g/mol. The number of anilines is 2. The van der Waals surface area contributed by atoms with Crippen LogP contribution in [0.5, 0.6) is 0 Å². The summed E-state index contributed by atoms with van der Waals surface area (Å²) in [7, 11) is 0. The maximum absolute atomic E-state index is 5.02. The van der Waals surface area contributed by atoms with Crippen LogP contribution in [0.4, 0.5) is 11.4 Å². The van der Waals surface area contributed by atoms with Crippen LogP contribution < -0.4 is 9.91 Å². The lowest BCUT2D eigenvalue weighted by atomic mass is 9.90. The first-order valence-corrected chi connectivity index (χ1v) is 10.1. The normalized spacial score (nSPS) is 16.1. The third-order valence-electron chi connectivity index (χ3n) is 5.46. The summed E-state index contributed by atoms with van der Waals surface area (Å²) in [5.41, 5.74) is 6.07. The number of benzene rings is 3. The van der Waals surface area contributed by atoms with Gasteiger partial charge in [-0.15, -0.1) is 0 Å². The average Bonchev–Trinajstić information content (AvgIpc) is 3.22. The summed E-state index contributed by atoms with van der Waals surface area (Å²) in [4.78, 5) is 2.38. The zero-order chi connectivity index (χ0) is 19.3. The van der Waals surface area contributed by atoms with Gasteiger partial charge in [0.2, 0.25) is 0 Å². The Morgan fingerprint density at radius 1 is 0.821 bits per heavy atom. The molecule has 0 amide bonds. The highest BCUT2D eigenvalue weighted by Gasteiger charge is 2.29. The van der Waals surface area contributed by atoms with Gasteiger partial charge in [0.15, 0.2) is 0 Å². The predicted molar refractivity (Wildman–Crippen MR) is 120 cm³/mol. The minimum atomic E-state index is 0.258. The summed E-state index contributed by atoms with van der Waals surface area (Å²) in [6, 6.07) is 30.0. The molecule has 1 atom stereocenters. The van der Waals surface area contributed by atoms with Gasteiger partial charge in [-0.3, -0.25) is 5.01 Å². The smallest absolute Gasteiger partial charge is 0.0775 e. The van der Waals surface area contributed by atoms with E-state index in [1.807, 2.05) is 6.07 Å². The molecule has 1 aliphatic rings. The summed E-state index contributed by atoms with van der Waals surface area (Å²) in [6.45, 7) is 7.31. The van der Waals surface area contributed by atoms with Crippen molar-refractivity contribution in [1.29, 1.82) is 0 Å². The first-order chi connectivity index (χ1) is 13.8. The third kappa shape index (κ3) is 3.65.